The summed E-state index contributed by atoms with van der Waals surface area (Å²) in [7, 11) is 3.39. The van der Waals surface area contributed by atoms with Crippen LogP contribution in [-0.2, 0) is 10.3 Å². The number of benzene rings is 1. The minimum absolute atomic E-state index is 0.597. The first kappa shape index (κ1) is 16.6. The molecule has 110 valence electrons. The smallest absolute Gasteiger partial charge is 0.172 e. The Morgan fingerprint density at radius 1 is 1.38 bits per heavy atom. The third kappa shape index (κ3) is 3.77. The number of hydrogen-bond acceptors (Lipinski definition) is 3. The molecule has 0 radical (unpaired) electrons. The first-order valence-corrected chi connectivity index (χ1v) is 6.55. The van der Waals surface area contributed by atoms with E-state index in [9.17, 15) is 5.11 Å². The maximum atomic E-state index is 10.8. The summed E-state index contributed by atoms with van der Waals surface area (Å²) >= 11 is 0. The summed E-state index contributed by atoms with van der Waals surface area (Å²) in [4.78, 5) is 0. The molecule has 0 saturated heterocycles. The van der Waals surface area contributed by atoms with Gasteiger partial charge in [0, 0.05) is 18.3 Å². The molecule has 0 aliphatic heterocycles. The first-order valence-electron chi connectivity index (χ1n) is 6.55. The second-order valence-corrected chi connectivity index (χ2v) is 4.51. The highest BCUT2D eigenvalue weighted by Gasteiger charge is 2.28. The summed E-state index contributed by atoms with van der Waals surface area (Å²) in [5.74, 6) is 3.06. The van der Waals surface area contributed by atoms with Gasteiger partial charge in [-0.1, -0.05) is 30.7 Å². The van der Waals surface area contributed by atoms with Crippen LogP contribution in [0.15, 0.2) is 60.4 Å². The molecule has 1 unspecified atom stereocenters. The molecule has 0 fully saturated rings. The number of aliphatic hydroxyl groups is 1. The zero-order chi connectivity index (χ0) is 15.9. The zero-order valence-corrected chi connectivity index (χ0v) is 12.7. The minimum Gasteiger partial charge on any atom is -0.497 e. The largest absolute Gasteiger partial charge is 0.497 e. The lowest BCUT2D eigenvalue weighted by atomic mass is 9.87. The van der Waals surface area contributed by atoms with E-state index in [0.717, 1.165) is 5.69 Å². The van der Waals surface area contributed by atoms with Gasteiger partial charge in [0.1, 0.15) is 5.76 Å². The van der Waals surface area contributed by atoms with Gasteiger partial charge in [-0.25, -0.2) is 0 Å². The molecule has 0 heterocycles. The number of methoxy groups -OCH3 is 1. The van der Waals surface area contributed by atoms with E-state index in [1.807, 2.05) is 19.2 Å². The minimum atomic E-state index is -1.46. The highest BCUT2D eigenvalue weighted by Crippen LogP contribution is 2.29. The van der Waals surface area contributed by atoms with E-state index in [1.165, 1.54) is 0 Å². The van der Waals surface area contributed by atoms with Gasteiger partial charge in [0.25, 0.3) is 0 Å². The van der Waals surface area contributed by atoms with Gasteiger partial charge < -0.3 is 15.2 Å². The summed E-state index contributed by atoms with van der Waals surface area (Å²) < 4.78 is 5.09. The van der Waals surface area contributed by atoms with Gasteiger partial charge in [0.2, 0.25) is 0 Å². The van der Waals surface area contributed by atoms with Crippen LogP contribution in [0, 0.1) is 12.3 Å². The van der Waals surface area contributed by atoms with Crippen LogP contribution in [0.2, 0.25) is 0 Å². The average molecular weight is 283 g/mol. The number of terminal acetylenes is 1. The molecule has 0 aromatic heterocycles. The highest BCUT2D eigenvalue weighted by molar-refractivity contribution is 5.49. The standard InChI is InChI=1S/C18H21NO2/c1-6-17(21-5)13-8-14(3)18(20,7-2)15-9-11-16(19-4)12-10-15/h2,6,8-13,19-20H,1H2,3-5H3/b14-8+,17-13+. The fraction of sp³-hybridized carbons (Fsp3) is 0.222. The van der Waals surface area contributed by atoms with Gasteiger partial charge in [0.05, 0.1) is 7.11 Å². The Balaban J connectivity index is 3.19. The lowest BCUT2D eigenvalue weighted by Crippen LogP contribution is -2.24. The van der Waals surface area contributed by atoms with Crippen LogP contribution in [0.3, 0.4) is 0 Å². The Morgan fingerprint density at radius 3 is 2.43 bits per heavy atom. The van der Waals surface area contributed by atoms with Crippen LogP contribution in [0.4, 0.5) is 5.69 Å². The van der Waals surface area contributed by atoms with Crippen LogP contribution in [0.1, 0.15) is 12.5 Å². The molecule has 1 aromatic rings. The van der Waals surface area contributed by atoms with E-state index in [4.69, 9.17) is 11.2 Å². The second kappa shape index (κ2) is 7.37. The van der Waals surface area contributed by atoms with Gasteiger partial charge in [-0.2, -0.15) is 0 Å². The summed E-state index contributed by atoms with van der Waals surface area (Å²) in [5, 5.41) is 13.8. The van der Waals surface area contributed by atoms with Crippen molar-refractivity contribution < 1.29 is 9.84 Å². The molecule has 3 nitrogen and oxygen atoms in total. The molecule has 1 rings (SSSR count). The van der Waals surface area contributed by atoms with Gasteiger partial charge in [-0.15, -0.1) is 6.42 Å². The normalized spacial score (nSPS) is 14.8. The number of nitrogens with one attached hydrogen (secondary N) is 1. The van der Waals surface area contributed by atoms with E-state index in [-0.39, 0.29) is 0 Å². The van der Waals surface area contributed by atoms with Crippen LogP contribution >= 0.6 is 0 Å². The molecule has 0 spiro atoms. The van der Waals surface area contributed by atoms with Gasteiger partial charge in [-0.3, -0.25) is 0 Å². The molecule has 2 N–H and O–H groups in total. The fourth-order valence-corrected chi connectivity index (χ4v) is 1.85. The van der Waals surface area contributed by atoms with Crippen molar-refractivity contribution >= 4 is 5.69 Å². The number of hydrogen-bond donors (Lipinski definition) is 2. The number of rotatable bonds is 6. The van der Waals surface area contributed by atoms with Crippen molar-refractivity contribution in [2.24, 2.45) is 0 Å². The molecular formula is C18H21NO2. The topological polar surface area (TPSA) is 41.5 Å². The average Bonchev–Trinajstić information content (AvgIpc) is 2.54. The number of anilines is 1. The Hall–Kier alpha value is -2.44. The van der Waals surface area contributed by atoms with E-state index >= 15 is 0 Å². The van der Waals surface area contributed by atoms with E-state index < -0.39 is 5.60 Å². The number of ether oxygens (including phenoxy) is 1. The molecule has 21 heavy (non-hydrogen) atoms. The molecule has 0 aliphatic carbocycles. The quantitative estimate of drug-likeness (QED) is 0.478. The molecule has 3 heteroatoms. The molecule has 0 saturated carbocycles. The van der Waals surface area contributed by atoms with Gasteiger partial charge in [-0.05, 0) is 36.8 Å². The monoisotopic (exact) mass is 283 g/mol. The lowest BCUT2D eigenvalue weighted by Gasteiger charge is -2.24. The third-order valence-corrected chi connectivity index (χ3v) is 3.31. The molecule has 0 aliphatic rings. The van der Waals surface area contributed by atoms with Crippen LogP contribution in [0.5, 0.6) is 0 Å². The van der Waals surface area contributed by atoms with E-state index in [2.05, 4.69) is 17.8 Å². The van der Waals surface area contributed by atoms with Crippen molar-refractivity contribution in [2.45, 2.75) is 12.5 Å². The van der Waals surface area contributed by atoms with Crippen molar-refractivity contribution in [2.75, 3.05) is 19.5 Å². The number of allylic oxidation sites excluding steroid dienone is 3. The third-order valence-electron chi connectivity index (χ3n) is 3.31. The molecular weight excluding hydrogens is 262 g/mol. The molecule has 0 bridgehead atoms. The Bertz CT molecular complexity index is 591. The van der Waals surface area contributed by atoms with Crippen molar-refractivity contribution in [1.29, 1.82) is 0 Å². The lowest BCUT2D eigenvalue weighted by molar-refractivity contribution is 0.140. The fourth-order valence-electron chi connectivity index (χ4n) is 1.85. The summed E-state index contributed by atoms with van der Waals surface area (Å²) in [6.45, 7) is 5.41. The molecule has 1 atom stereocenters. The van der Waals surface area contributed by atoms with Crippen LogP contribution in [-0.4, -0.2) is 19.3 Å². The Kier molecular flexibility index (Phi) is 5.83. The molecule has 0 amide bonds. The second-order valence-electron chi connectivity index (χ2n) is 4.51. The summed E-state index contributed by atoms with van der Waals surface area (Å²) in [5.41, 5.74) is 0.762. The van der Waals surface area contributed by atoms with Crippen molar-refractivity contribution in [3.05, 3.63) is 66.0 Å². The predicted octanol–water partition coefficient (Wildman–Crippen LogP) is 3.21. The predicted molar refractivity (Wildman–Crippen MR) is 87.8 cm³/mol. The Morgan fingerprint density at radius 2 is 2.00 bits per heavy atom. The van der Waals surface area contributed by atoms with Crippen molar-refractivity contribution in [3.63, 3.8) is 0 Å². The highest BCUT2D eigenvalue weighted by atomic mass is 16.5. The van der Waals surface area contributed by atoms with E-state index in [0.29, 0.717) is 16.9 Å². The zero-order valence-electron chi connectivity index (χ0n) is 12.7. The summed E-state index contributed by atoms with van der Waals surface area (Å²) in [6.07, 6.45) is 10.6. The Labute approximate surface area is 126 Å². The van der Waals surface area contributed by atoms with Crippen LogP contribution in [0.25, 0.3) is 0 Å². The van der Waals surface area contributed by atoms with E-state index in [1.54, 1.807) is 44.4 Å². The SMILES string of the molecule is C#CC(O)(/C(C)=C/C=C(\C=C)OC)c1ccc(NC)cc1. The van der Waals surface area contributed by atoms with Gasteiger partial charge >= 0.3 is 0 Å². The first-order chi connectivity index (χ1) is 10.0. The molecule has 1 aromatic carbocycles. The van der Waals surface area contributed by atoms with Gasteiger partial charge in [0.15, 0.2) is 5.60 Å². The van der Waals surface area contributed by atoms with Crippen molar-refractivity contribution in [1.82, 2.24) is 0 Å². The summed E-state index contributed by atoms with van der Waals surface area (Å²) in [6, 6.07) is 7.34. The van der Waals surface area contributed by atoms with Crippen LogP contribution < -0.4 is 5.32 Å². The maximum absolute atomic E-state index is 10.8. The maximum Gasteiger partial charge on any atom is 0.172 e. The van der Waals surface area contributed by atoms with Crippen molar-refractivity contribution in [3.8, 4) is 12.3 Å².